The summed E-state index contributed by atoms with van der Waals surface area (Å²) in [5.41, 5.74) is 1.87. The van der Waals surface area contributed by atoms with E-state index in [2.05, 4.69) is 4.74 Å². The number of hydrogen-bond donors (Lipinski definition) is 0. The number of rotatable bonds is 5. The minimum atomic E-state index is -3.64. The Morgan fingerprint density at radius 1 is 1.00 bits per heavy atom. The van der Waals surface area contributed by atoms with Gasteiger partial charge in [-0.2, -0.15) is 13.1 Å². The van der Waals surface area contributed by atoms with Crippen molar-refractivity contribution in [3.05, 3.63) is 59.2 Å². The van der Waals surface area contributed by atoms with Gasteiger partial charge in [0.05, 0.1) is 4.90 Å². The zero-order valence-electron chi connectivity index (χ0n) is 16.1. The molecular formula is C20H22F2N2O4S. The van der Waals surface area contributed by atoms with Crippen molar-refractivity contribution in [2.24, 2.45) is 0 Å². The molecule has 0 unspecified atom stereocenters. The first-order valence-electron chi connectivity index (χ1n) is 9.10. The molecule has 3 rings (SSSR count). The maximum atomic E-state index is 13.0. The fourth-order valence-corrected chi connectivity index (χ4v) is 4.95. The van der Waals surface area contributed by atoms with E-state index in [0.29, 0.717) is 11.1 Å². The minimum Gasteiger partial charge on any atom is -0.435 e. The largest absolute Gasteiger partial charge is 0.435 e. The van der Waals surface area contributed by atoms with Gasteiger partial charge in [0.15, 0.2) is 0 Å². The van der Waals surface area contributed by atoms with E-state index in [1.165, 1.54) is 28.6 Å². The topological polar surface area (TPSA) is 66.9 Å². The first kappa shape index (κ1) is 21.2. The van der Waals surface area contributed by atoms with E-state index in [1.807, 2.05) is 13.0 Å². The molecule has 1 amide bonds. The molecule has 1 aliphatic rings. The number of ether oxygens (including phenoxy) is 1. The summed E-state index contributed by atoms with van der Waals surface area (Å²) < 4.78 is 56.1. The van der Waals surface area contributed by atoms with Gasteiger partial charge in [0.25, 0.3) is 5.91 Å². The molecule has 156 valence electrons. The van der Waals surface area contributed by atoms with Crippen LogP contribution in [0.4, 0.5) is 8.78 Å². The summed E-state index contributed by atoms with van der Waals surface area (Å²) in [5, 5.41) is 0. The number of aryl methyl sites for hydroxylation is 2. The van der Waals surface area contributed by atoms with Crippen molar-refractivity contribution in [3.63, 3.8) is 0 Å². The standard InChI is InChI=1S/C20H22F2N2O4S/c1-14-3-4-15(2)18(13-14)29(26,27)24-11-9-23(10-12-24)19(25)16-5-7-17(8-6-16)28-20(21)22/h3-8,13,20H,9-12H2,1-2H3. The molecule has 2 aromatic rings. The number of alkyl halides is 2. The second-order valence-electron chi connectivity index (χ2n) is 6.87. The molecule has 0 spiro atoms. The zero-order valence-corrected chi connectivity index (χ0v) is 17.0. The van der Waals surface area contributed by atoms with Crippen LogP contribution in [-0.4, -0.2) is 56.3 Å². The van der Waals surface area contributed by atoms with Crippen LogP contribution in [0.5, 0.6) is 5.75 Å². The number of halogens is 2. The van der Waals surface area contributed by atoms with E-state index in [1.54, 1.807) is 24.0 Å². The van der Waals surface area contributed by atoms with Gasteiger partial charge >= 0.3 is 6.61 Å². The van der Waals surface area contributed by atoms with Gasteiger partial charge in [0, 0.05) is 31.7 Å². The number of hydrogen-bond acceptors (Lipinski definition) is 4. The fourth-order valence-electron chi connectivity index (χ4n) is 3.22. The van der Waals surface area contributed by atoms with Crippen molar-refractivity contribution in [3.8, 4) is 5.75 Å². The lowest BCUT2D eigenvalue weighted by Gasteiger charge is -2.34. The van der Waals surface area contributed by atoms with Crippen LogP contribution in [0.2, 0.25) is 0 Å². The van der Waals surface area contributed by atoms with E-state index in [9.17, 15) is 22.0 Å². The molecule has 1 fully saturated rings. The Hall–Kier alpha value is -2.52. The average molecular weight is 424 g/mol. The highest BCUT2D eigenvalue weighted by Crippen LogP contribution is 2.23. The zero-order chi connectivity index (χ0) is 21.2. The van der Waals surface area contributed by atoms with Gasteiger partial charge in [-0.1, -0.05) is 12.1 Å². The second kappa shape index (κ2) is 8.46. The highest BCUT2D eigenvalue weighted by Gasteiger charge is 2.31. The van der Waals surface area contributed by atoms with Gasteiger partial charge in [-0.25, -0.2) is 8.42 Å². The van der Waals surface area contributed by atoms with E-state index >= 15 is 0 Å². The Kier molecular flexibility index (Phi) is 6.18. The number of carbonyl (C=O) groups excluding carboxylic acids is 1. The van der Waals surface area contributed by atoms with Crippen LogP contribution in [0.1, 0.15) is 21.5 Å². The molecule has 0 radical (unpaired) electrons. The van der Waals surface area contributed by atoms with Crippen LogP contribution in [0.25, 0.3) is 0 Å². The fraction of sp³-hybridized carbons (Fsp3) is 0.350. The molecule has 0 aromatic heterocycles. The number of amides is 1. The third kappa shape index (κ3) is 4.73. The lowest BCUT2D eigenvalue weighted by atomic mass is 10.2. The molecule has 0 N–H and O–H groups in total. The molecule has 0 atom stereocenters. The summed E-state index contributed by atoms with van der Waals surface area (Å²) in [4.78, 5) is 14.5. The molecule has 9 heteroatoms. The third-order valence-electron chi connectivity index (χ3n) is 4.81. The van der Waals surface area contributed by atoms with Crippen molar-refractivity contribution < 1.29 is 26.7 Å². The predicted molar refractivity (Wildman–Crippen MR) is 104 cm³/mol. The van der Waals surface area contributed by atoms with Crippen LogP contribution in [-0.2, 0) is 10.0 Å². The van der Waals surface area contributed by atoms with Gasteiger partial charge in [0.2, 0.25) is 10.0 Å². The van der Waals surface area contributed by atoms with Crippen LogP contribution >= 0.6 is 0 Å². The molecule has 29 heavy (non-hydrogen) atoms. The van der Waals surface area contributed by atoms with Crippen molar-refractivity contribution >= 4 is 15.9 Å². The van der Waals surface area contributed by atoms with E-state index < -0.39 is 16.6 Å². The lowest BCUT2D eigenvalue weighted by molar-refractivity contribution is -0.0498. The van der Waals surface area contributed by atoms with Crippen molar-refractivity contribution in [1.29, 1.82) is 0 Å². The Morgan fingerprint density at radius 2 is 1.62 bits per heavy atom. The van der Waals surface area contributed by atoms with E-state index in [4.69, 9.17) is 0 Å². The minimum absolute atomic E-state index is 0.0269. The van der Waals surface area contributed by atoms with Crippen LogP contribution in [0.15, 0.2) is 47.4 Å². The summed E-state index contributed by atoms with van der Waals surface area (Å²) in [5.74, 6) is -0.307. The predicted octanol–water partition coefficient (Wildman–Crippen LogP) is 3.05. The number of benzene rings is 2. The van der Waals surface area contributed by atoms with Crippen LogP contribution in [0, 0.1) is 13.8 Å². The normalized spacial score (nSPS) is 15.6. The quantitative estimate of drug-likeness (QED) is 0.740. The molecule has 6 nitrogen and oxygen atoms in total. The van der Waals surface area contributed by atoms with Gasteiger partial charge < -0.3 is 9.64 Å². The molecule has 1 heterocycles. The maximum Gasteiger partial charge on any atom is 0.387 e. The SMILES string of the molecule is Cc1ccc(C)c(S(=O)(=O)N2CCN(C(=O)c3ccc(OC(F)F)cc3)CC2)c1. The maximum absolute atomic E-state index is 13.0. The number of nitrogens with zero attached hydrogens (tertiary/aromatic N) is 2. The average Bonchev–Trinajstić information content (AvgIpc) is 2.69. The van der Waals surface area contributed by atoms with Crippen molar-refractivity contribution in [2.45, 2.75) is 25.4 Å². The van der Waals surface area contributed by atoms with Gasteiger partial charge in [-0.05, 0) is 55.3 Å². The van der Waals surface area contributed by atoms with Crippen molar-refractivity contribution in [2.75, 3.05) is 26.2 Å². The lowest BCUT2D eigenvalue weighted by Crippen LogP contribution is -2.50. The molecule has 1 saturated heterocycles. The summed E-state index contributed by atoms with van der Waals surface area (Å²) in [7, 11) is -3.64. The highest BCUT2D eigenvalue weighted by molar-refractivity contribution is 7.89. The number of carbonyl (C=O) groups is 1. The monoisotopic (exact) mass is 424 g/mol. The molecule has 0 aliphatic carbocycles. The van der Waals surface area contributed by atoms with Crippen molar-refractivity contribution in [1.82, 2.24) is 9.21 Å². The van der Waals surface area contributed by atoms with Gasteiger partial charge in [0.1, 0.15) is 5.75 Å². The van der Waals surface area contributed by atoms with Gasteiger partial charge in [-0.15, -0.1) is 0 Å². The first-order valence-corrected chi connectivity index (χ1v) is 10.5. The van der Waals surface area contributed by atoms with Crippen LogP contribution < -0.4 is 4.74 Å². The smallest absolute Gasteiger partial charge is 0.387 e. The van der Waals surface area contributed by atoms with E-state index in [-0.39, 0.29) is 42.7 Å². The van der Waals surface area contributed by atoms with Gasteiger partial charge in [-0.3, -0.25) is 4.79 Å². The molecule has 1 aliphatic heterocycles. The third-order valence-corrected chi connectivity index (χ3v) is 6.85. The summed E-state index contributed by atoms with van der Waals surface area (Å²) in [6, 6.07) is 10.7. The molecular weight excluding hydrogens is 402 g/mol. The molecule has 2 aromatic carbocycles. The van der Waals surface area contributed by atoms with E-state index in [0.717, 1.165) is 5.56 Å². The second-order valence-corrected chi connectivity index (χ2v) is 8.77. The Balaban J connectivity index is 1.67. The summed E-state index contributed by atoms with van der Waals surface area (Å²) >= 11 is 0. The Bertz CT molecular complexity index is 986. The molecule has 0 bridgehead atoms. The summed E-state index contributed by atoms with van der Waals surface area (Å²) in [6.45, 7) is 1.54. The Labute approximate surface area is 168 Å². The Morgan fingerprint density at radius 3 is 2.21 bits per heavy atom. The number of sulfonamides is 1. The first-order chi connectivity index (χ1) is 13.7. The van der Waals surface area contributed by atoms with Crippen LogP contribution in [0.3, 0.4) is 0 Å². The highest BCUT2D eigenvalue weighted by atomic mass is 32.2. The number of piperazine rings is 1. The summed E-state index contributed by atoms with van der Waals surface area (Å²) in [6.07, 6.45) is 0. The molecule has 0 saturated carbocycles.